The van der Waals surface area contributed by atoms with Gasteiger partial charge in [-0.25, -0.2) is 14.5 Å². The van der Waals surface area contributed by atoms with Gasteiger partial charge in [-0.15, -0.1) is 0 Å². The van der Waals surface area contributed by atoms with Crippen molar-refractivity contribution in [3.63, 3.8) is 0 Å². The Morgan fingerprint density at radius 1 is 0.975 bits per heavy atom. The van der Waals surface area contributed by atoms with Crippen molar-refractivity contribution in [2.24, 2.45) is 0 Å². The molecule has 0 atom stereocenters. The van der Waals surface area contributed by atoms with Crippen molar-refractivity contribution < 1.29 is 38.3 Å². The molecular weight excluding hydrogens is 522 g/mol. The second-order valence-corrected chi connectivity index (χ2v) is 8.35. The van der Waals surface area contributed by atoms with E-state index in [0.29, 0.717) is 29.2 Å². The van der Waals surface area contributed by atoms with Crippen molar-refractivity contribution in [3.8, 4) is 11.5 Å². The van der Waals surface area contributed by atoms with Gasteiger partial charge in [0.15, 0.2) is 11.5 Å². The van der Waals surface area contributed by atoms with Crippen molar-refractivity contribution in [2.45, 2.75) is 13.5 Å². The van der Waals surface area contributed by atoms with Crippen LogP contribution in [0.1, 0.15) is 28.4 Å². The predicted octanol–water partition coefficient (Wildman–Crippen LogP) is 4.03. The average molecular weight is 546 g/mol. The van der Waals surface area contributed by atoms with Gasteiger partial charge in [0.1, 0.15) is 12.2 Å². The summed E-state index contributed by atoms with van der Waals surface area (Å²) in [5.41, 5.74) is 1.18. The molecule has 1 fully saturated rings. The maximum Gasteiger partial charge on any atom is 0.337 e. The highest BCUT2D eigenvalue weighted by atomic mass is 16.6. The van der Waals surface area contributed by atoms with E-state index in [1.54, 1.807) is 37.3 Å². The summed E-state index contributed by atoms with van der Waals surface area (Å²) in [6.07, 6.45) is 1.32. The van der Waals surface area contributed by atoms with Crippen LogP contribution in [0.25, 0.3) is 6.08 Å². The third kappa shape index (κ3) is 5.96. The summed E-state index contributed by atoms with van der Waals surface area (Å²) < 4.78 is 16.2. The van der Waals surface area contributed by atoms with Gasteiger partial charge in [0, 0.05) is 12.1 Å². The van der Waals surface area contributed by atoms with E-state index >= 15 is 0 Å². The molecule has 40 heavy (non-hydrogen) atoms. The van der Waals surface area contributed by atoms with Gasteiger partial charge < -0.3 is 14.2 Å². The maximum atomic E-state index is 13.2. The number of hydrogen-bond acceptors (Lipinski definition) is 9. The molecule has 1 heterocycles. The molecule has 12 heteroatoms. The summed E-state index contributed by atoms with van der Waals surface area (Å²) in [4.78, 5) is 61.1. The number of anilines is 1. The lowest BCUT2D eigenvalue weighted by atomic mass is 10.1. The zero-order chi connectivity index (χ0) is 28.8. The molecule has 4 amide bonds. The van der Waals surface area contributed by atoms with Gasteiger partial charge in [0.05, 0.1) is 29.9 Å². The molecule has 1 saturated heterocycles. The number of nitrogens with one attached hydrogen (secondary N) is 1. The number of amides is 4. The number of barbiturate groups is 1. The first-order valence-corrected chi connectivity index (χ1v) is 11.9. The molecule has 1 aliphatic heterocycles. The van der Waals surface area contributed by atoms with Gasteiger partial charge in [-0.3, -0.25) is 25.0 Å². The quantitative estimate of drug-likeness (QED) is 0.138. The first-order valence-electron chi connectivity index (χ1n) is 11.9. The normalized spacial score (nSPS) is 14.1. The average Bonchev–Trinajstić information content (AvgIpc) is 2.95. The van der Waals surface area contributed by atoms with E-state index in [1.807, 2.05) is 0 Å². The summed E-state index contributed by atoms with van der Waals surface area (Å²) in [7, 11) is 1.23. The van der Waals surface area contributed by atoms with Gasteiger partial charge >= 0.3 is 12.0 Å². The number of nitro benzene ring substituents is 1. The van der Waals surface area contributed by atoms with Gasteiger partial charge in [0.2, 0.25) is 0 Å². The molecule has 3 aromatic carbocycles. The highest BCUT2D eigenvalue weighted by molar-refractivity contribution is 6.39. The Morgan fingerprint density at radius 3 is 2.30 bits per heavy atom. The van der Waals surface area contributed by atoms with Crippen molar-refractivity contribution >= 4 is 41.3 Å². The standard InChI is InChI=1S/C28H23N3O9/c1-3-39-24-15-18(6-13-23(24)40-16-17-4-9-21(10-5-17)31(36)37)14-22-25(32)29-28(35)30(26(22)33)20-11-7-19(8-12-20)27(34)38-2/h4-15H,3,16H2,1-2H3,(H,29,32,35)/b22-14+. The summed E-state index contributed by atoms with van der Waals surface area (Å²) in [5.74, 6) is -1.58. The Morgan fingerprint density at radius 2 is 1.68 bits per heavy atom. The molecule has 0 unspecified atom stereocenters. The SMILES string of the molecule is CCOc1cc(/C=C2\C(=O)NC(=O)N(c3ccc(C(=O)OC)cc3)C2=O)ccc1OCc1ccc([N+](=O)[O-])cc1. The third-order valence-corrected chi connectivity index (χ3v) is 5.77. The molecule has 1 aliphatic rings. The first kappa shape index (κ1) is 27.5. The van der Waals surface area contributed by atoms with E-state index in [0.717, 1.165) is 4.90 Å². The number of non-ortho nitro benzene ring substituents is 1. The zero-order valence-corrected chi connectivity index (χ0v) is 21.4. The minimum absolute atomic E-state index is 0.0316. The largest absolute Gasteiger partial charge is 0.490 e. The number of ether oxygens (including phenoxy) is 3. The van der Waals surface area contributed by atoms with Crippen LogP contribution in [-0.2, 0) is 20.9 Å². The fraction of sp³-hybridized carbons (Fsp3) is 0.143. The lowest BCUT2D eigenvalue weighted by molar-refractivity contribution is -0.384. The highest BCUT2D eigenvalue weighted by Crippen LogP contribution is 2.31. The van der Waals surface area contributed by atoms with Crippen LogP contribution >= 0.6 is 0 Å². The van der Waals surface area contributed by atoms with Gasteiger partial charge in [-0.05, 0) is 72.7 Å². The van der Waals surface area contributed by atoms with Crippen molar-refractivity contribution in [2.75, 3.05) is 18.6 Å². The summed E-state index contributed by atoms with van der Waals surface area (Å²) in [6.45, 7) is 2.20. The smallest absolute Gasteiger partial charge is 0.337 e. The molecule has 0 bridgehead atoms. The van der Waals surface area contributed by atoms with Gasteiger partial charge in [-0.1, -0.05) is 6.07 Å². The number of nitrogens with zero attached hydrogens (tertiary/aromatic N) is 2. The van der Waals surface area contributed by atoms with Crippen LogP contribution in [0.4, 0.5) is 16.2 Å². The molecule has 0 aromatic heterocycles. The molecule has 1 N–H and O–H groups in total. The van der Waals surface area contributed by atoms with Crippen molar-refractivity contribution in [1.82, 2.24) is 5.32 Å². The molecule has 0 radical (unpaired) electrons. The topological polar surface area (TPSA) is 154 Å². The summed E-state index contributed by atoms with van der Waals surface area (Å²) in [5, 5.41) is 13.0. The van der Waals surface area contributed by atoms with Crippen LogP contribution in [0.3, 0.4) is 0 Å². The number of imide groups is 2. The number of benzene rings is 3. The fourth-order valence-corrected chi connectivity index (χ4v) is 3.80. The van der Waals surface area contributed by atoms with Crippen LogP contribution < -0.4 is 19.7 Å². The Kier molecular flexibility index (Phi) is 8.19. The monoisotopic (exact) mass is 545 g/mol. The number of carbonyl (C=O) groups is 4. The van der Waals surface area contributed by atoms with Crippen molar-refractivity contribution in [1.29, 1.82) is 0 Å². The van der Waals surface area contributed by atoms with Crippen LogP contribution in [0, 0.1) is 10.1 Å². The minimum atomic E-state index is -0.928. The Labute approximate surface area is 227 Å². The van der Waals surface area contributed by atoms with Crippen LogP contribution in [0.2, 0.25) is 0 Å². The molecule has 12 nitrogen and oxygen atoms in total. The zero-order valence-electron chi connectivity index (χ0n) is 21.4. The van der Waals surface area contributed by atoms with E-state index in [-0.39, 0.29) is 29.1 Å². The van der Waals surface area contributed by atoms with E-state index < -0.39 is 28.7 Å². The summed E-state index contributed by atoms with van der Waals surface area (Å²) in [6, 6.07) is 15.4. The van der Waals surface area contributed by atoms with Crippen LogP contribution in [0.5, 0.6) is 11.5 Å². The number of rotatable bonds is 9. The van der Waals surface area contributed by atoms with Gasteiger partial charge in [0.25, 0.3) is 17.5 Å². The molecular formula is C28H23N3O9. The molecule has 204 valence electrons. The highest BCUT2D eigenvalue weighted by Gasteiger charge is 2.37. The van der Waals surface area contributed by atoms with E-state index in [4.69, 9.17) is 9.47 Å². The number of urea groups is 1. The van der Waals surface area contributed by atoms with E-state index in [9.17, 15) is 29.3 Å². The molecule has 3 aromatic rings. The van der Waals surface area contributed by atoms with E-state index in [2.05, 4.69) is 10.1 Å². The fourth-order valence-electron chi connectivity index (χ4n) is 3.80. The lowest BCUT2D eigenvalue weighted by Crippen LogP contribution is -2.54. The second kappa shape index (κ2) is 11.9. The molecule has 4 rings (SSSR count). The third-order valence-electron chi connectivity index (χ3n) is 5.77. The second-order valence-electron chi connectivity index (χ2n) is 8.35. The van der Waals surface area contributed by atoms with E-state index in [1.165, 1.54) is 49.6 Å². The lowest BCUT2D eigenvalue weighted by Gasteiger charge is -2.26. The number of methoxy groups -OCH3 is 1. The van der Waals surface area contributed by atoms with Crippen LogP contribution in [0.15, 0.2) is 72.3 Å². The molecule has 0 spiro atoms. The van der Waals surface area contributed by atoms with Crippen molar-refractivity contribution in [3.05, 3.63) is 99.1 Å². The maximum absolute atomic E-state index is 13.2. The number of hydrogen-bond donors (Lipinski definition) is 1. The molecule has 0 aliphatic carbocycles. The summed E-state index contributed by atoms with van der Waals surface area (Å²) >= 11 is 0. The first-order chi connectivity index (χ1) is 19.2. The molecule has 0 saturated carbocycles. The Balaban J connectivity index is 1.57. The predicted molar refractivity (Wildman–Crippen MR) is 142 cm³/mol. The van der Waals surface area contributed by atoms with Gasteiger partial charge in [-0.2, -0.15) is 0 Å². The van der Waals surface area contributed by atoms with Crippen LogP contribution in [-0.4, -0.2) is 42.5 Å². The Bertz CT molecular complexity index is 1510. The minimum Gasteiger partial charge on any atom is -0.490 e. The number of carbonyl (C=O) groups excluding carboxylic acids is 4. The number of esters is 1. The Hall–Kier alpha value is -5.52. The number of nitro groups is 1.